The molecule has 2 aliphatic rings. The molecule has 2 fully saturated rings. The number of hydrogen-bond donors (Lipinski definition) is 4. The molecule has 0 radical (unpaired) electrons. The molecule has 0 aliphatic carbocycles. The first kappa shape index (κ1) is 36.7. The van der Waals surface area contributed by atoms with E-state index in [0.29, 0.717) is 25.4 Å². The number of rotatable bonds is 12. The topological polar surface area (TPSA) is 151 Å². The molecule has 4 N–H and O–H groups in total. The number of amides is 2. The summed E-state index contributed by atoms with van der Waals surface area (Å²) in [6.07, 6.45) is 6.13. The molecule has 3 aromatic carbocycles. The monoisotopic (exact) mass is 693 g/mol. The smallest absolute Gasteiger partial charge is 0.327 e. The number of hydrazone groups is 1. The van der Waals surface area contributed by atoms with E-state index in [1.165, 1.54) is 16.8 Å². The number of carbonyl (C=O) groups excluding carboxylic acids is 1. The number of methoxy groups -OCH3 is 1. The third-order valence-corrected chi connectivity index (χ3v) is 8.89. The van der Waals surface area contributed by atoms with Gasteiger partial charge in [-0.3, -0.25) is 15.3 Å². The highest BCUT2D eigenvalue weighted by Gasteiger charge is 2.40. The van der Waals surface area contributed by atoms with Gasteiger partial charge in [0.05, 0.1) is 50.6 Å². The number of hydrogen-bond acceptors (Lipinski definition) is 11. The summed E-state index contributed by atoms with van der Waals surface area (Å²) < 4.78 is 17.0. The van der Waals surface area contributed by atoms with Crippen LogP contribution in [-0.2, 0) is 15.3 Å². The molecule has 1 unspecified atom stereocenters. The highest BCUT2D eigenvalue weighted by molar-refractivity contribution is 6.14. The highest BCUT2D eigenvalue weighted by atomic mass is 16.7. The fourth-order valence-corrected chi connectivity index (χ4v) is 5.93. The molecule has 1 aromatic heterocycles. The Hall–Kier alpha value is -5.53. The van der Waals surface area contributed by atoms with Crippen molar-refractivity contribution >= 4 is 52.8 Å². The summed E-state index contributed by atoms with van der Waals surface area (Å²) in [6, 6.07) is 25.7. The lowest BCUT2D eigenvalue weighted by Gasteiger charge is -2.37. The van der Waals surface area contributed by atoms with E-state index < -0.39 is 5.79 Å². The molecule has 13 nitrogen and oxygen atoms in total. The SMILES string of the molecule is CCC(C)NC(=O)N(C=N)c1ccc(N2CCN(c3ccc(OC)cc3)CC2)cc1.N=C/C=N\NCC1(c2cccc3cccnc23)OCCO1. The summed E-state index contributed by atoms with van der Waals surface area (Å²) in [4.78, 5) is 22.9. The van der Waals surface area contributed by atoms with Crippen molar-refractivity contribution in [2.75, 3.05) is 67.7 Å². The largest absolute Gasteiger partial charge is 0.497 e. The molecular formula is C38H47N9O4. The molecule has 1 atom stereocenters. The Morgan fingerprint density at radius 1 is 0.980 bits per heavy atom. The second-order valence-corrected chi connectivity index (χ2v) is 12.1. The molecule has 2 amide bonds. The quantitative estimate of drug-likeness (QED) is 0.0851. The van der Waals surface area contributed by atoms with Crippen LogP contribution in [0, 0.1) is 10.8 Å². The van der Waals surface area contributed by atoms with Crippen LogP contribution in [0.15, 0.2) is 90.2 Å². The number of nitrogens with zero attached hydrogens (tertiary/aromatic N) is 5. The first-order valence-corrected chi connectivity index (χ1v) is 17.1. The first-order chi connectivity index (χ1) is 24.9. The van der Waals surface area contributed by atoms with E-state index in [2.05, 4.69) is 42.8 Å². The van der Waals surface area contributed by atoms with Crippen LogP contribution in [-0.4, -0.2) is 88.9 Å². The van der Waals surface area contributed by atoms with Crippen molar-refractivity contribution in [2.45, 2.75) is 32.1 Å². The van der Waals surface area contributed by atoms with Gasteiger partial charge in [-0.25, -0.2) is 4.79 Å². The van der Waals surface area contributed by atoms with Gasteiger partial charge in [-0.1, -0.05) is 31.2 Å². The Balaban J connectivity index is 0.000000210. The fraction of sp³-hybridized carbons (Fsp3) is 0.342. The van der Waals surface area contributed by atoms with E-state index in [1.54, 1.807) is 13.3 Å². The zero-order valence-electron chi connectivity index (χ0n) is 29.4. The average molecular weight is 694 g/mol. The van der Waals surface area contributed by atoms with Gasteiger partial charge in [-0.2, -0.15) is 5.10 Å². The average Bonchev–Trinajstić information content (AvgIpc) is 3.67. The van der Waals surface area contributed by atoms with Crippen molar-refractivity contribution in [3.8, 4) is 5.75 Å². The number of aromatic nitrogens is 1. The maximum absolute atomic E-state index is 12.4. The molecule has 13 heteroatoms. The summed E-state index contributed by atoms with van der Waals surface area (Å²) >= 11 is 0. The lowest BCUT2D eigenvalue weighted by atomic mass is 10.0. The van der Waals surface area contributed by atoms with E-state index in [0.717, 1.165) is 73.1 Å². The Labute approximate surface area is 299 Å². The highest BCUT2D eigenvalue weighted by Crippen LogP contribution is 2.35. The van der Waals surface area contributed by atoms with Crippen molar-refractivity contribution in [1.82, 2.24) is 15.7 Å². The van der Waals surface area contributed by atoms with Crippen molar-refractivity contribution in [3.05, 3.63) is 90.6 Å². The zero-order chi connectivity index (χ0) is 36.1. The van der Waals surface area contributed by atoms with E-state index in [1.807, 2.05) is 80.6 Å². The number of anilines is 3. The molecule has 6 rings (SSSR count). The lowest BCUT2D eigenvalue weighted by molar-refractivity contribution is -0.160. The van der Waals surface area contributed by atoms with Crippen LogP contribution in [0.3, 0.4) is 0 Å². The molecule has 268 valence electrons. The summed E-state index contributed by atoms with van der Waals surface area (Å²) in [5.41, 5.74) is 7.64. The Morgan fingerprint density at radius 2 is 1.61 bits per heavy atom. The predicted molar refractivity (Wildman–Crippen MR) is 204 cm³/mol. The molecule has 51 heavy (non-hydrogen) atoms. The third kappa shape index (κ3) is 9.18. The van der Waals surface area contributed by atoms with Gasteiger partial charge in [0.1, 0.15) is 5.75 Å². The zero-order valence-corrected chi connectivity index (χ0v) is 29.4. The van der Waals surface area contributed by atoms with Crippen LogP contribution in [0.25, 0.3) is 10.9 Å². The maximum Gasteiger partial charge on any atom is 0.327 e. The molecule has 2 aliphatic heterocycles. The van der Waals surface area contributed by atoms with Gasteiger partial charge in [0.2, 0.25) is 5.79 Å². The first-order valence-electron chi connectivity index (χ1n) is 17.1. The van der Waals surface area contributed by atoms with Crippen LogP contribution >= 0.6 is 0 Å². The van der Waals surface area contributed by atoms with Crippen LogP contribution in [0.2, 0.25) is 0 Å². The molecule has 0 bridgehead atoms. The minimum absolute atomic E-state index is 0.0706. The van der Waals surface area contributed by atoms with Gasteiger partial charge in [0.25, 0.3) is 0 Å². The van der Waals surface area contributed by atoms with E-state index >= 15 is 0 Å². The minimum atomic E-state index is -0.896. The van der Waals surface area contributed by atoms with E-state index in [9.17, 15) is 4.79 Å². The van der Waals surface area contributed by atoms with Crippen LogP contribution < -0.4 is 30.2 Å². The van der Waals surface area contributed by atoms with Gasteiger partial charge in [-0.05, 0) is 67.9 Å². The Bertz CT molecular complexity index is 1750. The maximum atomic E-state index is 12.4. The van der Waals surface area contributed by atoms with Crippen molar-refractivity contribution in [2.24, 2.45) is 5.10 Å². The molecule has 3 heterocycles. The fourth-order valence-electron chi connectivity index (χ4n) is 5.93. The predicted octanol–water partition coefficient (Wildman–Crippen LogP) is 5.60. The van der Waals surface area contributed by atoms with Gasteiger partial charge < -0.3 is 40.2 Å². The molecule has 4 aromatic rings. The van der Waals surface area contributed by atoms with E-state index in [4.69, 9.17) is 25.0 Å². The third-order valence-electron chi connectivity index (χ3n) is 8.89. The summed E-state index contributed by atoms with van der Waals surface area (Å²) in [6.45, 7) is 9.11. The molecule has 2 saturated heterocycles. The number of ether oxygens (including phenoxy) is 3. The summed E-state index contributed by atoms with van der Waals surface area (Å²) in [5, 5.41) is 22.4. The number of para-hydroxylation sites is 1. The summed E-state index contributed by atoms with van der Waals surface area (Å²) in [5.74, 6) is -0.0259. The van der Waals surface area contributed by atoms with Crippen molar-refractivity contribution in [1.29, 1.82) is 10.8 Å². The molecular weight excluding hydrogens is 646 g/mol. The van der Waals surface area contributed by atoms with Gasteiger partial charge >= 0.3 is 6.03 Å². The second kappa shape index (κ2) is 17.9. The number of fused-ring (bicyclic) bond motifs is 1. The summed E-state index contributed by atoms with van der Waals surface area (Å²) in [7, 11) is 1.68. The molecule has 0 saturated carbocycles. The number of carbonyl (C=O) groups is 1. The second-order valence-electron chi connectivity index (χ2n) is 12.1. The van der Waals surface area contributed by atoms with Crippen LogP contribution in [0.4, 0.5) is 21.9 Å². The van der Waals surface area contributed by atoms with Crippen molar-refractivity contribution in [3.63, 3.8) is 0 Å². The normalized spacial score (nSPS) is 15.8. The number of urea groups is 1. The Morgan fingerprint density at radius 3 is 2.20 bits per heavy atom. The standard InChI is InChI=1S/C23H31N5O2.C15H16N4O2/c1-4-18(2)25-23(29)28(17-24)21-7-5-19(6-8-21)26-13-15-27(16-14-26)20-9-11-22(30-3)12-10-20;16-6-8-18-19-11-15(20-9-10-21-15)13-5-1-3-12-4-2-7-17-14(12)13/h5-12,17-18,24H,4,13-16H2,1-3H3,(H,25,29);1-8,16,19H,9-11H2/b;16-6?,18-8-. The van der Waals surface area contributed by atoms with Gasteiger partial charge in [-0.15, -0.1) is 0 Å². The van der Waals surface area contributed by atoms with Crippen LogP contribution in [0.5, 0.6) is 5.75 Å². The molecule has 0 spiro atoms. The number of piperazine rings is 1. The van der Waals surface area contributed by atoms with Gasteiger partial charge in [0, 0.05) is 67.0 Å². The van der Waals surface area contributed by atoms with Gasteiger partial charge in [0.15, 0.2) is 0 Å². The lowest BCUT2D eigenvalue weighted by Crippen LogP contribution is -2.46. The number of benzene rings is 3. The number of nitrogens with one attached hydrogen (secondary N) is 4. The minimum Gasteiger partial charge on any atom is -0.497 e. The Kier molecular flexibility index (Phi) is 12.9. The van der Waals surface area contributed by atoms with Crippen molar-refractivity contribution < 1.29 is 19.0 Å². The number of pyridine rings is 1. The van der Waals surface area contributed by atoms with Crippen LogP contribution in [0.1, 0.15) is 25.8 Å². The van der Waals surface area contributed by atoms with E-state index in [-0.39, 0.29) is 12.1 Å².